The van der Waals surface area contributed by atoms with Gasteiger partial charge in [0.2, 0.25) is 0 Å². The minimum absolute atomic E-state index is 0.0964. The van der Waals surface area contributed by atoms with Gasteiger partial charge in [0, 0.05) is 25.4 Å². The van der Waals surface area contributed by atoms with Crippen LogP contribution >= 0.6 is 0 Å². The van der Waals surface area contributed by atoms with Crippen LogP contribution in [0.3, 0.4) is 0 Å². The molecule has 1 saturated carbocycles. The molecule has 0 saturated heterocycles. The fraction of sp³-hybridized carbons (Fsp3) is 0.538. The van der Waals surface area contributed by atoms with Crippen LogP contribution in [-0.4, -0.2) is 35.6 Å². The van der Waals surface area contributed by atoms with E-state index in [0.717, 1.165) is 0 Å². The first-order chi connectivity index (χ1) is 10.7. The lowest BCUT2D eigenvalue weighted by molar-refractivity contribution is -0.150. The smallest absolute Gasteiger partial charge is 0.436 e. The first kappa shape index (κ1) is 15.5. The molecule has 2 aromatic rings. The number of nitrogens with zero attached hydrogens (tertiary/aromatic N) is 5. The van der Waals surface area contributed by atoms with E-state index in [1.165, 1.54) is 0 Å². The molecule has 2 aromatic heterocycles. The highest BCUT2D eigenvalue weighted by molar-refractivity contribution is 5.77. The topological polar surface area (TPSA) is 85.8 Å². The standard InChI is InChI=1S/C13H14F3N5O2/c1-20-5-4-17-10(20)8-2-3-12(6-8,11(22)23)21-18-7-9(19-21)13(14,15)16/h4-5,7-8H,2-3,6H2,1H3,(H,22,23). The van der Waals surface area contributed by atoms with Crippen molar-refractivity contribution in [3.8, 4) is 0 Å². The Hall–Kier alpha value is -2.39. The second-order valence-corrected chi connectivity index (χ2v) is 5.69. The van der Waals surface area contributed by atoms with Crippen molar-refractivity contribution in [2.24, 2.45) is 7.05 Å². The molecule has 0 aromatic carbocycles. The summed E-state index contributed by atoms with van der Waals surface area (Å²) in [6.07, 6.45) is -0.0342. The van der Waals surface area contributed by atoms with Gasteiger partial charge in [0.25, 0.3) is 0 Å². The average Bonchev–Trinajstić information content (AvgIpc) is 3.15. The number of carboxylic acid groups (broad SMARTS) is 1. The van der Waals surface area contributed by atoms with Gasteiger partial charge >= 0.3 is 12.1 Å². The second kappa shape index (κ2) is 5.07. The molecule has 1 aliphatic carbocycles. The van der Waals surface area contributed by atoms with Gasteiger partial charge in [-0.25, -0.2) is 9.78 Å². The number of aryl methyl sites for hydroxylation is 1. The molecule has 0 spiro atoms. The highest BCUT2D eigenvalue weighted by Gasteiger charge is 2.51. The Morgan fingerprint density at radius 2 is 2.22 bits per heavy atom. The van der Waals surface area contributed by atoms with Crippen LogP contribution in [0.15, 0.2) is 18.6 Å². The maximum atomic E-state index is 12.7. The average molecular weight is 329 g/mol. The van der Waals surface area contributed by atoms with Crippen molar-refractivity contribution in [3.63, 3.8) is 0 Å². The molecular formula is C13H14F3N5O2. The number of carboxylic acids is 1. The van der Waals surface area contributed by atoms with Gasteiger partial charge in [-0.05, 0) is 19.3 Å². The van der Waals surface area contributed by atoms with Crippen LogP contribution in [0.5, 0.6) is 0 Å². The number of hydrogen-bond acceptors (Lipinski definition) is 4. The van der Waals surface area contributed by atoms with E-state index in [-0.39, 0.29) is 18.8 Å². The van der Waals surface area contributed by atoms with E-state index < -0.39 is 23.4 Å². The normalized spacial score (nSPS) is 25.0. The summed E-state index contributed by atoms with van der Waals surface area (Å²) in [5.74, 6) is -0.707. The predicted molar refractivity (Wildman–Crippen MR) is 70.4 cm³/mol. The molecule has 10 heteroatoms. The van der Waals surface area contributed by atoms with Gasteiger partial charge in [-0.2, -0.15) is 23.1 Å². The van der Waals surface area contributed by atoms with E-state index in [1.54, 1.807) is 24.0 Å². The fourth-order valence-corrected chi connectivity index (χ4v) is 3.08. The van der Waals surface area contributed by atoms with E-state index in [4.69, 9.17) is 0 Å². The van der Waals surface area contributed by atoms with E-state index in [1.807, 2.05) is 0 Å². The van der Waals surface area contributed by atoms with Gasteiger partial charge in [-0.3, -0.25) is 0 Å². The zero-order valence-electron chi connectivity index (χ0n) is 12.2. The van der Waals surface area contributed by atoms with Crippen molar-refractivity contribution < 1.29 is 23.1 Å². The summed E-state index contributed by atoms with van der Waals surface area (Å²) in [4.78, 5) is 16.7. The molecule has 7 nitrogen and oxygen atoms in total. The Labute approximate surface area is 128 Å². The van der Waals surface area contributed by atoms with Crippen LogP contribution < -0.4 is 0 Å². The molecule has 1 N–H and O–H groups in total. The largest absolute Gasteiger partial charge is 0.479 e. The summed E-state index contributed by atoms with van der Waals surface area (Å²) in [7, 11) is 1.79. The Bertz CT molecular complexity index is 738. The summed E-state index contributed by atoms with van der Waals surface area (Å²) in [5, 5.41) is 16.5. The van der Waals surface area contributed by atoms with Crippen LogP contribution in [0.1, 0.15) is 36.7 Å². The third kappa shape index (κ3) is 2.47. The second-order valence-electron chi connectivity index (χ2n) is 5.69. The van der Waals surface area contributed by atoms with Crippen molar-refractivity contribution in [3.05, 3.63) is 30.1 Å². The number of rotatable bonds is 3. The van der Waals surface area contributed by atoms with Gasteiger partial charge in [0.15, 0.2) is 11.2 Å². The van der Waals surface area contributed by atoms with Gasteiger partial charge in [0.05, 0.1) is 6.20 Å². The predicted octanol–water partition coefficient (Wildman–Crippen LogP) is 1.78. The van der Waals surface area contributed by atoms with Crippen molar-refractivity contribution in [2.75, 3.05) is 0 Å². The number of halogens is 3. The quantitative estimate of drug-likeness (QED) is 0.928. The van der Waals surface area contributed by atoms with Crippen molar-refractivity contribution in [2.45, 2.75) is 36.9 Å². The van der Waals surface area contributed by atoms with Gasteiger partial charge in [0.1, 0.15) is 5.82 Å². The summed E-state index contributed by atoms with van der Waals surface area (Å²) >= 11 is 0. The number of aliphatic carboxylic acids is 1. The molecule has 0 radical (unpaired) electrons. The van der Waals surface area contributed by atoms with Crippen LogP contribution in [0.4, 0.5) is 13.2 Å². The molecule has 1 fully saturated rings. The van der Waals surface area contributed by atoms with Crippen molar-refractivity contribution in [1.82, 2.24) is 24.5 Å². The zero-order valence-corrected chi connectivity index (χ0v) is 12.2. The molecular weight excluding hydrogens is 315 g/mol. The maximum absolute atomic E-state index is 12.7. The lowest BCUT2D eigenvalue weighted by Gasteiger charge is -2.23. The molecule has 2 heterocycles. The summed E-state index contributed by atoms with van der Waals surface area (Å²) in [5.41, 5.74) is -2.78. The first-order valence-corrected chi connectivity index (χ1v) is 6.95. The molecule has 0 aliphatic heterocycles. The zero-order chi connectivity index (χ0) is 16.8. The van der Waals surface area contributed by atoms with Gasteiger partial charge in [-0.1, -0.05) is 0 Å². The highest BCUT2D eigenvalue weighted by Crippen LogP contribution is 2.44. The van der Waals surface area contributed by atoms with Crippen molar-refractivity contribution >= 4 is 5.97 Å². The van der Waals surface area contributed by atoms with Crippen LogP contribution in [-0.2, 0) is 23.6 Å². The SMILES string of the molecule is Cn1ccnc1C1CCC(C(=O)O)(n2ncc(C(F)(F)F)n2)C1. The van der Waals surface area contributed by atoms with Crippen LogP contribution in [0.25, 0.3) is 0 Å². The molecule has 2 unspecified atom stereocenters. The third-order valence-electron chi connectivity index (χ3n) is 4.28. The van der Waals surface area contributed by atoms with E-state index in [2.05, 4.69) is 15.2 Å². The first-order valence-electron chi connectivity index (χ1n) is 6.95. The number of hydrogen-bond donors (Lipinski definition) is 1. The molecule has 1 aliphatic rings. The maximum Gasteiger partial charge on any atom is 0.436 e. The summed E-state index contributed by atoms with van der Waals surface area (Å²) in [6.45, 7) is 0. The van der Waals surface area contributed by atoms with Gasteiger partial charge in [-0.15, -0.1) is 5.10 Å². The minimum Gasteiger partial charge on any atom is -0.479 e. The Balaban J connectivity index is 1.95. The molecule has 124 valence electrons. The molecule has 0 bridgehead atoms. The highest BCUT2D eigenvalue weighted by atomic mass is 19.4. The molecule has 23 heavy (non-hydrogen) atoms. The number of carbonyl (C=O) groups is 1. The van der Waals surface area contributed by atoms with Crippen LogP contribution in [0, 0.1) is 0 Å². The monoisotopic (exact) mass is 329 g/mol. The Morgan fingerprint density at radius 1 is 1.48 bits per heavy atom. The molecule has 3 rings (SSSR count). The molecule has 2 atom stereocenters. The van der Waals surface area contributed by atoms with E-state index in [9.17, 15) is 23.1 Å². The lowest BCUT2D eigenvalue weighted by atomic mass is 9.96. The number of imidazole rings is 1. The summed E-state index contributed by atoms with van der Waals surface area (Å²) < 4.78 is 39.8. The van der Waals surface area contributed by atoms with Crippen molar-refractivity contribution in [1.29, 1.82) is 0 Å². The van der Waals surface area contributed by atoms with Crippen LogP contribution in [0.2, 0.25) is 0 Å². The minimum atomic E-state index is -4.66. The molecule has 0 amide bonds. The van der Waals surface area contributed by atoms with E-state index in [0.29, 0.717) is 23.2 Å². The summed E-state index contributed by atoms with van der Waals surface area (Å²) in [6, 6.07) is 0. The third-order valence-corrected chi connectivity index (χ3v) is 4.28. The van der Waals surface area contributed by atoms with Gasteiger partial charge < -0.3 is 9.67 Å². The lowest BCUT2D eigenvalue weighted by Crippen LogP contribution is -2.41. The Morgan fingerprint density at radius 3 is 2.74 bits per heavy atom. The number of aromatic nitrogens is 5. The fourth-order valence-electron chi connectivity index (χ4n) is 3.08. The van der Waals surface area contributed by atoms with E-state index >= 15 is 0 Å². The number of alkyl halides is 3. The Kier molecular flexibility index (Phi) is 3.42.